The second-order valence-corrected chi connectivity index (χ2v) is 9.25. The number of para-hydroxylation sites is 1. The zero-order chi connectivity index (χ0) is 18.7. The maximum absolute atomic E-state index is 12.2. The van der Waals surface area contributed by atoms with Crippen molar-refractivity contribution in [3.63, 3.8) is 0 Å². The number of anilines is 1. The average Bonchev–Trinajstić information content (AvgIpc) is 3.07. The van der Waals surface area contributed by atoms with E-state index in [1.54, 1.807) is 0 Å². The standard InChI is InChI=1S/C23H23NO2S/c25-27(26)17-16-22(18-27)24(21-14-8-3-9-15-21)23(19-10-4-1-5-11-19)20-12-6-2-7-13-20/h1-15,22-23H,16-18H2/t22-/m0/s1. The van der Waals surface area contributed by atoms with E-state index in [-0.39, 0.29) is 23.6 Å². The van der Waals surface area contributed by atoms with Gasteiger partial charge in [0.05, 0.1) is 17.5 Å². The molecule has 0 aromatic heterocycles. The number of hydrogen-bond acceptors (Lipinski definition) is 3. The smallest absolute Gasteiger partial charge is 0.152 e. The van der Waals surface area contributed by atoms with Crippen LogP contribution in [0.4, 0.5) is 5.69 Å². The first-order valence-corrected chi connectivity index (χ1v) is 11.1. The molecule has 0 aliphatic carbocycles. The third-order valence-electron chi connectivity index (χ3n) is 5.16. The van der Waals surface area contributed by atoms with E-state index in [9.17, 15) is 8.42 Å². The van der Waals surface area contributed by atoms with E-state index in [2.05, 4.69) is 41.3 Å². The van der Waals surface area contributed by atoms with Gasteiger partial charge in [0.1, 0.15) is 0 Å². The maximum Gasteiger partial charge on any atom is 0.152 e. The van der Waals surface area contributed by atoms with Gasteiger partial charge in [0.15, 0.2) is 9.84 Å². The van der Waals surface area contributed by atoms with E-state index in [1.807, 2.05) is 54.6 Å². The largest absolute Gasteiger partial charge is 0.356 e. The Hall–Kier alpha value is -2.59. The Morgan fingerprint density at radius 1 is 0.741 bits per heavy atom. The summed E-state index contributed by atoms with van der Waals surface area (Å²) < 4.78 is 24.5. The summed E-state index contributed by atoms with van der Waals surface area (Å²) in [5.41, 5.74) is 3.38. The Balaban J connectivity index is 1.86. The molecule has 1 aliphatic heterocycles. The fraction of sp³-hybridized carbons (Fsp3) is 0.217. The van der Waals surface area contributed by atoms with E-state index in [4.69, 9.17) is 0 Å². The number of benzene rings is 3. The molecule has 0 N–H and O–H groups in total. The van der Waals surface area contributed by atoms with Gasteiger partial charge in [-0.15, -0.1) is 0 Å². The van der Waals surface area contributed by atoms with Crippen LogP contribution in [-0.4, -0.2) is 26.0 Å². The van der Waals surface area contributed by atoms with E-state index >= 15 is 0 Å². The molecule has 4 heteroatoms. The van der Waals surface area contributed by atoms with Crippen molar-refractivity contribution in [1.29, 1.82) is 0 Å². The normalized spacial score (nSPS) is 18.5. The highest BCUT2D eigenvalue weighted by molar-refractivity contribution is 7.91. The zero-order valence-electron chi connectivity index (χ0n) is 15.1. The summed E-state index contributed by atoms with van der Waals surface area (Å²) in [5.74, 6) is 0.468. The lowest BCUT2D eigenvalue weighted by molar-refractivity contribution is 0.584. The predicted octanol–water partition coefficient (Wildman–Crippen LogP) is 4.47. The molecule has 1 atom stereocenters. The highest BCUT2D eigenvalue weighted by Crippen LogP contribution is 2.37. The lowest BCUT2D eigenvalue weighted by Gasteiger charge is -2.39. The summed E-state index contributed by atoms with van der Waals surface area (Å²) in [4.78, 5) is 2.30. The summed E-state index contributed by atoms with van der Waals surface area (Å²) in [6.45, 7) is 0. The Morgan fingerprint density at radius 3 is 1.67 bits per heavy atom. The van der Waals surface area contributed by atoms with Crippen LogP contribution in [0.15, 0.2) is 91.0 Å². The van der Waals surface area contributed by atoms with Crippen LogP contribution in [0.1, 0.15) is 23.6 Å². The van der Waals surface area contributed by atoms with Crippen molar-refractivity contribution < 1.29 is 8.42 Å². The molecule has 0 bridgehead atoms. The van der Waals surface area contributed by atoms with Gasteiger partial charge in [0, 0.05) is 11.7 Å². The fourth-order valence-electron chi connectivity index (χ4n) is 3.95. The van der Waals surface area contributed by atoms with Gasteiger partial charge in [-0.3, -0.25) is 0 Å². The van der Waals surface area contributed by atoms with Crippen LogP contribution in [0.25, 0.3) is 0 Å². The molecule has 0 saturated carbocycles. The Kier molecular flexibility index (Phi) is 4.99. The fourth-order valence-corrected chi connectivity index (χ4v) is 5.66. The SMILES string of the molecule is O=S1(=O)CC[C@H](N(c2ccccc2)C(c2ccccc2)c2ccccc2)C1. The molecule has 1 saturated heterocycles. The van der Waals surface area contributed by atoms with Crippen LogP contribution in [0.5, 0.6) is 0 Å². The summed E-state index contributed by atoms with van der Waals surface area (Å²) in [6.07, 6.45) is 0.660. The predicted molar refractivity (Wildman–Crippen MR) is 111 cm³/mol. The van der Waals surface area contributed by atoms with E-state index < -0.39 is 9.84 Å². The minimum Gasteiger partial charge on any atom is -0.356 e. The van der Waals surface area contributed by atoms with Gasteiger partial charge in [0.2, 0.25) is 0 Å². The first-order valence-electron chi connectivity index (χ1n) is 9.28. The first-order chi connectivity index (χ1) is 13.1. The van der Waals surface area contributed by atoms with E-state index in [0.29, 0.717) is 6.42 Å². The van der Waals surface area contributed by atoms with Crippen LogP contribution < -0.4 is 4.90 Å². The Morgan fingerprint density at radius 2 is 1.22 bits per heavy atom. The first kappa shape index (κ1) is 17.8. The van der Waals surface area contributed by atoms with Crippen molar-refractivity contribution in [3.8, 4) is 0 Å². The van der Waals surface area contributed by atoms with E-state index in [0.717, 1.165) is 16.8 Å². The van der Waals surface area contributed by atoms with Crippen molar-refractivity contribution in [2.24, 2.45) is 0 Å². The summed E-state index contributed by atoms with van der Waals surface area (Å²) in [7, 11) is -2.99. The Labute approximate surface area is 161 Å². The van der Waals surface area contributed by atoms with Crippen molar-refractivity contribution in [3.05, 3.63) is 102 Å². The van der Waals surface area contributed by atoms with Gasteiger partial charge in [-0.05, 0) is 29.7 Å². The molecule has 138 valence electrons. The molecule has 0 radical (unpaired) electrons. The molecule has 1 aliphatic rings. The highest BCUT2D eigenvalue weighted by Gasteiger charge is 2.36. The van der Waals surface area contributed by atoms with Gasteiger partial charge in [-0.25, -0.2) is 8.42 Å². The molecule has 3 aromatic rings. The quantitative estimate of drug-likeness (QED) is 0.658. The molecule has 4 rings (SSSR count). The van der Waals surface area contributed by atoms with Gasteiger partial charge in [-0.2, -0.15) is 0 Å². The second kappa shape index (κ2) is 7.57. The van der Waals surface area contributed by atoms with Crippen molar-refractivity contribution in [2.45, 2.75) is 18.5 Å². The third-order valence-corrected chi connectivity index (χ3v) is 6.92. The molecule has 27 heavy (non-hydrogen) atoms. The van der Waals surface area contributed by atoms with Crippen LogP contribution >= 0.6 is 0 Å². The molecule has 0 amide bonds. The number of sulfone groups is 1. The monoisotopic (exact) mass is 377 g/mol. The molecule has 3 aromatic carbocycles. The minimum atomic E-state index is -2.99. The molecule has 1 heterocycles. The van der Waals surface area contributed by atoms with Gasteiger partial charge in [-0.1, -0.05) is 78.9 Å². The van der Waals surface area contributed by atoms with Crippen LogP contribution in [0.2, 0.25) is 0 Å². The van der Waals surface area contributed by atoms with Crippen molar-refractivity contribution in [2.75, 3.05) is 16.4 Å². The number of nitrogens with zero attached hydrogens (tertiary/aromatic N) is 1. The number of rotatable bonds is 5. The summed E-state index contributed by atoms with van der Waals surface area (Å²) in [5, 5.41) is 0. The molecular weight excluding hydrogens is 354 g/mol. The van der Waals surface area contributed by atoms with Crippen LogP contribution in [0.3, 0.4) is 0 Å². The summed E-state index contributed by atoms with van der Waals surface area (Å²) >= 11 is 0. The topological polar surface area (TPSA) is 37.4 Å². The molecular formula is C23H23NO2S. The average molecular weight is 378 g/mol. The van der Waals surface area contributed by atoms with Crippen molar-refractivity contribution >= 4 is 15.5 Å². The minimum absolute atomic E-state index is 0.0342. The van der Waals surface area contributed by atoms with Crippen molar-refractivity contribution in [1.82, 2.24) is 0 Å². The molecule has 0 unspecified atom stereocenters. The Bertz CT molecular complexity index is 933. The van der Waals surface area contributed by atoms with Gasteiger partial charge >= 0.3 is 0 Å². The third kappa shape index (κ3) is 3.91. The maximum atomic E-state index is 12.2. The lowest BCUT2D eigenvalue weighted by atomic mass is 9.94. The molecule has 0 spiro atoms. The highest BCUT2D eigenvalue weighted by atomic mass is 32.2. The van der Waals surface area contributed by atoms with E-state index in [1.165, 1.54) is 0 Å². The molecule has 1 fully saturated rings. The van der Waals surface area contributed by atoms with Crippen LogP contribution in [-0.2, 0) is 9.84 Å². The summed E-state index contributed by atoms with van der Waals surface area (Å²) in [6, 6.07) is 30.8. The second-order valence-electron chi connectivity index (χ2n) is 7.02. The van der Waals surface area contributed by atoms with Crippen LogP contribution in [0, 0.1) is 0 Å². The van der Waals surface area contributed by atoms with Gasteiger partial charge in [0.25, 0.3) is 0 Å². The lowest BCUT2D eigenvalue weighted by Crippen LogP contribution is -2.40. The zero-order valence-corrected chi connectivity index (χ0v) is 15.9. The molecule has 3 nitrogen and oxygen atoms in total. The number of hydrogen-bond donors (Lipinski definition) is 0. The van der Waals surface area contributed by atoms with Gasteiger partial charge < -0.3 is 4.90 Å².